The second kappa shape index (κ2) is 10.3. The van der Waals surface area contributed by atoms with Gasteiger partial charge in [-0.3, -0.25) is 4.31 Å². The predicted molar refractivity (Wildman–Crippen MR) is 134 cm³/mol. The van der Waals surface area contributed by atoms with Gasteiger partial charge < -0.3 is 14.7 Å². The molecule has 1 N–H and O–H groups in total. The summed E-state index contributed by atoms with van der Waals surface area (Å²) < 4.78 is 34.4. The number of fused-ring (bicyclic) bond motifs is 1. The number of rotatable bonds is 8. The summed E-state index contributed by atoms with van der Waals surface area (Å²) in [6.07, 6.45) is 2.87. The highest BCUT2D eigenvalue weighted by molar-refractivity contribution is 8.00. The van der Waals surface area contributed by atoms with Crippen LogP contribution in [0.15, 0.2) is 52.3 Å². The van der Waals surface area contributed by atoms with Crippen LogP contribution in [-0.2, 0) is 21.2 Å². The molecule has 0 saturated carbocycles. The number of hydrogen-bond acceptors (Lipinski definition) is 6. The molecule has 0 bridgehead atoms. The number of nitrogens with zero attached hydrogens (tertiary/aromatic N) is 2. The van der Waals surface area contributed by atoms with E-state index in [1.807, 2.05) is 49.1 Å². The Labute approximate surface area is 202 Å². The molecule has 2 aliphatic heterocycles. The van der Waals surface area contributed by atoms with Crippen LogP contribution in [0.3, 0.4) is 0 Å². The number of benzene rings is 2. The minimum Gasteiger partial charge on any atom is -0.381 e. The lowest BCUT2D eigenvalue weighted by Gasteiger charge is -2.30. The van der Waals surface area contributed by atoms with Gasteiger partial charge in [-0.15, -0.1) is 0 Å². The maximum atomic E-state index is 13.7. The van der Waals surface area contributed by atoms with Gasteiger partial charge in [-0.05, 0) is 67.0 Å². The zero-order valence-electron chi connectivity index (χ0n) is 19.6. The van der Waals surface area contributed by atoms with E-state index in [1.54, 1.807) is 12.1 Å². The summed E-state index contributed by atoms with van der Waals surface area (Å²) in [4.78, 5) is 3.05. The van der Waals surface area contributed by atoms with E-state index in [4.69, 9.17) is 4.74 Å². The summed E-state index contributed by atoms with van der Waals surface area (Å²) in [5.41, 5.74) is 2.05. The van der Waals surface area contributed by atoms with Crippen LogP contribution in [-0.4, -0.2) is 45.4 Å². The van der Waals surface area contributed by atoms with Gasteiger partial charge in [0.2, 0.25) is 0 Å². The lowest BCUT2D eigenvalue weighted by molar-refractivity contribution is 0.0664. The van der Waals surface area contributed by atoms with Gasteiger partial charge in [-0.25, -0.2) is 8.42 Å². The molecule has 180 valence electrons. The number of sulfonamides is 1. The molecule has 1 atom stereocenters. The molecule has 2 aliphatic rings. The van der Waals surface area contributed by atoms with E-state index in [2.05, 4.69) is 6.92 Å². The molecule has 2 aromatic rings. The molecule has 0 aromatic heterocycles. The van der Waals surface area contributed by atoms with Crippen molar-refractivity contribution in [3.63, 3.8) is 0 Å². The van der Waals surface area contributed by atoms with E-state index in [-0.39, 0.29) is 10.8 Å². The molecule has 2 heterocycles. The Bertz CT molecular complexity index is 1050. The van der Waals surface area contributed by atoms with Crippen LogP contribution >= 0.6 is 11.8 Å². The van der Waals surface area contributed by atoms with Gasteiger partial charge in [0.25, 0.3) is 10.0 Å². The Morgan fingerprint density at radius 2 is 1.85 bits per heavy atom. The molecule has 2 aromatic carbocycles. The van der Waals surface area contributed by atoms with Gasteiger partial charge in [0, 0.05) is 31.2 Å². The highest BCUT2D eigenvalue weighted by atomic mass is 32.2. The zero-order chi connectivity index (χ0) is 23.6. The van der Waals surface area contributed by atoms with Gasteiger partial charge in [-0.1, -0.05) is 44.7 Å². The first-order valence-corrected chi connectivity index (χ1v) is 14.1. The minimum atomic E-state index is -3.75. The van der Waals surface area contributed by atoms with Crippen molar-refractivity contribution in [2.24, 2.45) is 11.8 Å². The van der Waals surface area contributed by atoms with Gasteiger partial charge in [0.15, 0.2) is 5.56 Å². The van der Waals surface area contributed by atoms with E-state index < -0.39 is 15.6 Å². The van der Waals surface area contributed by atoms with Crippen LogP contribution in [0.5, 0.6) is 0 Å². The Hall–Kier alpha value is -1.74. The van der Waals surface area contributed by atoms with E-state index in [1.165, 1.54) is 21.6 Å². The van der Waals surface area contributed by atoms with Crippen molar-refractivity contribution < 1.29 is 18.3 Å². The van der Waals surface area contributed by atoms with Crippen molar-refractivity contribution in [3.8, 4) is 0 Å². The molecule has 1 saturated heterocycles. The highest BCUT2D eigenvalue weighted by Crippen LogP contribution is 2.44. The second-order valence-corrected chi connectivity index (χ2v) is 12.2. The van der Waals surface area contributed by atoms with Crippen LogP contribution in [0.25, 0.3) is 0 Å². The van der Waals surface area contributed by atoms with E-state index >= 15 is 0 Å². The fraction of sp³-hybridized carbons (Fsp3) is 0.520. The Morgan fingerprint density at radius 1 is 1.15 bits per heavy atom. The van der Waals surface area contributed by atoms with Crippen molar-refractivity contribution >= 4 is 33.2 Å². The van der Waals surface area contributed by atoms with Gasteiger partial charge in [0.1, 0.15) is 0 Å². The Kier molecular flexibility index (Phi) is 7.58. The second-order valence-electron chi connectivity index (χ2n) is 9.23. The van der Waals surface area contributed by atoms with E-state index in [0.717, 1.165) is 49.6 Å². The standard InChI is InChI=1S/C25H34N2O4S2/c1-4-19-5-7-21(8-6-19)27(16-18(2)3)33(29,30)22-9-10-23-24(15-22)32-25(28)26(23)17-20-11-13-31-14-12-20/h5-10,15,18,20,25,28H,4,11-14,16-17H2,1-3H3. The normalized spacial score (nSPS) is 19.2. The molecule has 1 fully saturated rings. The Morgan fingerprint density at radius 3 is 2.48 bits per heavy atom. The molecule has 6 nitrogen and oxygen atoms in total. The number of aryl methyl sites for hydroxylation is 1. The maximum Gasteiger partial charge on any atom is 0.264 e. The summed E-state index contributed by atoms with van der Waals surface area (Å²) >= 11 is 1.31. The van der Waals surface area contributed by atoms with Crippen LogP contribution in [0, 0.1) is 11.8 Å². The SMILES string of the molecule is CCc1ccc(N(CC(C)C)S(=O)(=O)c2ccc3c(c2)SC(O)N3CC2CCOCC2)cc1. The first-order valence-electron chi connectivity index (χ1n) is 11.7. The lowest BCUT2D eigenvalue weighted by atomic mass is 9.99. The number of aliphatic hydroxyl groups is 1. The lowest BCUT2D eigenvalue weighted by Crippen LogP contribution is -2.36. The molecule has 1 unspecified atom stereocenters. The molecule has 0 aliphatic carbocycles. The third-order valence-corrected chi connectivity index (χ3v) is 9.12. The topological polar surface area (TPSA) is 70.1 Å². The van der Waals surface area contributed by atoms with E-state index in [0.29, 0.717) is 18.2 Å². The number of aliphatic hydroxyl groups excluding tert-OH is 1. The molecular formula is C25H34N2O4S2. The van der Waals surface area contributed by atoms with Crippen molar-refractivity contribution in [1.29, 1.82) is 0 Å². The van der Waals surface area contributed by atoms with Crippen LogP contribution in [0.1, 0.15) is 39.2 Å². The van der Waals surface area contributed by atoms with Gasteiger partial charge >= 0.3 is 0 Å². The van der Waals surface area contributed by atoms with Crippen LogP contribution < -0.4 is 9.21 Å². The summed E-state index contributed by atoms with van der Waals surface area (Å²) in [7, 11) is -3.75. The van der Waals surface area contributed by atoms with Crippen LogP contribution in [0.2, 0.25) is 0 Å². The highest BCUT2D eigenvalue weighted by Gasteiger charge is 2.33. The number of thioether (sulfide) groups is 1. The van der Waals surface area contributed by atoms with Crippen LogP contribution in [0.4, 0.5) is 11.4 Å². The minimum absolute atomic E-state index is 0.172. The summed E-state index contributed by atoms with van der Waals surface area (Å²) in [6.45, 7) is 8.79. The molecular weight excluding hydrogens is 456 g/mol. The predicted octanol–water partition coefficient (Wildman–Crippen LogP) is 4.71. The third kappa shape index (κ3) is 5.34. The molecule has 0 amide bonds. The molecule has 8 heteroatoms. The molecule has 0 spiro atoms. The van der Waals surface area contributed by atoms with Gasteiger partial charge in [-0.2, -0.15) is 0 Å². The van der Waals surface area contributed by atoms with Gasteiger partial charge in [0.05, 0.1) is 16.3 Å². The molecule has 4 rings (SSSR count). The number of hydrogen-bond donors (Lipinski definition) is 1. The monoisotopic (exact) mass is 490 g/mol. The first-order chi connectivity index (χ1) is 15.8. The average molecular weight is 491 g/mol. The van der Waals surface area contributed by atoms with Crippen molar-refractivity contribution in [1.82, 2.24) is 0 Å². The largest absolute Gasteiger partial charge is 0.381 e. The maximum absolute atomic E-state index is 13.7. The number of anilines is 2. The fourth-order valence-corrected chi connectivity index (χ4v) is 7.16. The fourth-order valence-electron chi connectivity index (χ4n) is 4.38. The average Bonchev–Trinajstić information content (AvgIpc) is 3.12. The molecule has 0 radical (unpaired) electrons. The quantitative estimate of drug-likeness (QED) is 0.578. The summed E-state index contributed by atoms with van der Waals surface area (Å²) in [6, 6.07) is 13.0. The molecule has 33 heavy (non-hydrogen) atoms. The summed E-state index contributed by atoms with van der Waals surface area (Å²) in [5.74, 6) is 0.641. The first kappa shape index (κ1) is 24.4. The smallest absolute Gasteiger partial charge is 0.264 e. The third-order valence-electron chi connectivity index (χ3n) is 6.29. The van der Waals surface area contributed by atoms with E-state index in [9.17, 15) is 13.5 Å². The Balaban J connectivity index is 1.62. The van der Waals surface area contributed by atoms with Crippen molar-refractivity contribution in [2.45, 2.75) is 55.4 Å². The van der Waals surface area contributed by atoms with Crippen molar-refractivity contribution in [3.05, 3.63) is 48.0 Å². The van der Waals surface area contributed by atoms with Crippen molar-refractivity contribution in [2.75, 3.05) is 35.5 Å². The summed E-state index contributed by atoms with van der Waals surface area (Å²) in [5, 5.41) is 10.7. The zero-order valence-corrected chi connectivity index (χ0v) is 21.2. The number of ether oxygens (including phenoxy) is 1.